The van der Waals surface area contributed by atoms with Gasteiger partial charge in [0.2, 0.25) is 5.78 Å². The Labute approximate surface area is 164 Å². The van der Waals surface area contributed by atoms with Crippen LogP contribution >= 0.6 is 0 Å². The molecular formula is C22H25NO5. The monoisotopic (exact) mass is 383 g/mol. The van der Waals surface area contributed by atoms with Crippen molar-refractivity contribution in [2.45, 2.75) is 33.3 Å². The number of aryl methyl sites for hydroxylation is 1. The highest BCUT2D eigenvalue weighted by Crippen LogP contribution is 2.17. The van der Waals surface area contributed by atoms with Crippen LogP contribution in [0.1, 0.15) is 47.1 Å². The topological polar surface area (TPSA) is 81.7 Å². The Balaban J connectivity index is 1.89. The van der Waals surface area contributed by atoms with Crippen molar-refractivity contribution in [3.8, 4) is 5.75 Å². The number of esters is 1. The number of Topliss-reactive ketones (excluding diaryl/α,β-unsaturated/α-hetero) is 1. The van der Waals surface area contributed by atoms with E-state index in [-0.39, 0.29) is 12.3 Å². The number of rotatable bonds is 9. The van der Waals surface area contributed by atoms with E-state index in [2.05, 4.69) is 5.32 Å². The summed E-state index contributed by atoms with van der Waals surface area (Å²) < 4.78 is 10.6. The standard InChI is InChI=1S/C22H25NO5/c1-4-16-10-12-17(13-11-16)21(25)15(3)28-20(24)14-23-22(26)18-8-6-7-9-19(18)27-5-2/h6-13,15H,4-5,14H2,1-3H3,(H,23,26)/t15-/m0/s1. The Morgan fingerprint density at radius 1 is 1.00 bits per heavy atom. The van der Waals surface area contributed by atoms with Crippen LogP contribution in [-0.2, 0) is 16.0 Å². The Hall–Kier alpha value is -3.15. The molecule has 6 nitrogen and oxygen atoms in total. The zero-order valence-electron chi connectivity index (χ0n) is 16.4. The summed E-state index contributed by atoms with van der Waals surface area (Å²) in [6, 6.07) is 13.9. The molecule has 2 rings (SSSR count). The lowest BCUT2D eigenvalue weighted by Crippen LogP contribution is -2.34. The van der Waals surface area contributed by atoms with Crippen molar-refractivity contribution < 1.29 is 23.9 Å². The molecule has 1 atom stereocenters. The second-order valence-electron chi connectivity index (χ2n) is 6.16. The summed E-state index contributed by atoms with van der Waals surface area (Å²) >= 11 is 0. The van der Waals surface area contributed by atoms with Crippen LogP contribution in [-0.4, -0.2) is 36.9 Å². The molecule has 0 saturated carbocycles. The predicted molar refractivity (Wildman–Crippen MR) is 106 cm³/mol. The van der Waals surface area contributed by atoms with Gasteiger partial charge in [-0.25, -0.2) is 0 Å². The Morgan fingerprint density at radius 3 is 2.32 bits per heavy atom. The van der Waals surface area contributed by atoms with Gasteiger partial charge in [-0.3, -0.25) is 14.4 Å². The third-order valence-electron chi connectivity index (χ3n) is 4.15. The molecule has 148 valence electrons. The first-order valence-corrected chi connectivity index (χ1v) is 9.28. The molecule has 0 fully saturated rings. The van der Waals surface area contributed by atoms with E-state index in [0.29, 0.717) is 23.5 Å². The van der Waals surface area contributed by atoms with Crippen LogP contribution in [0.15, 0.2) is 48.5 Å². The molecule has 2 aromatic carbocycles. The minimum atomic E-state index is -0.937. The molecule has 0 aliphatic rings. The van der Waals surface area contributed by atoms with Crippen molar-refractivity contribution in [3.63, 3.8) is 0 Å². The van der Waals surface area contributed by atoms with Crippen LogP contribution in [0.5, 0.6) is 5.75 Å². The first-order valence-electron chi connectivity index (χ1n) is 9.28. The third kappa shape index (κ3) is 5.67. The van der Waals surface area contributed by atoms with Crippen molar-refractivity contribution in [1.82, 2.24) is 5.32 Å². The summed E-state index contributed by atoms with van der Waals surface area (Å²) in [5, 5.41) is 2.49. The fourth-order valence-electron chi connectivity index (χ4n) is 2.62. The molecule has 0 unspecified atom stereocenters. The van der Waals surface area contributed by atoms with Crippen LogP contribution in [0.3, 0.4) is 0 Å². The lowest BCUT2D eigenvalue weighted by Gasteiger charge is -2.14. The van der Waals surface area contributed by atoms with Crippen molar-refractivity contribution >= 4 is 17.7 Å². The molecule has 0 bridgehead atoms. The Bertz CT molecular complexity index is 829. The van der Waals surface area contributed by atoms with Gasteiger partial charge in [-0.15, -0.1) is 0 Å². The SMILES string of the molecule is CCOc1ccccc1C(=O)NCC(=O)O[C@@H](C)C(=O)c1ccc(CC)cc1. The van der Waals surface area contributed by atoms with Gasteiger partial charge in [0.05, 0.1) is 12.2 Å². The number of carbonyl (C=O) groups is 3. The van der Waals surface area contributed by atoms with Crippen LogP contribution in [0.2, 0.25) is 0 Å². The number of ether oxygens (including phenoxy) is 2. The summed E-state index contributed by atoms with van der Waals surface area (Å²) in [4.78, 5) is 36.7. The molecule has 1 N–H and O–H groups in total. The van der Waals surface area contributed by atoms with E-state index in [9.17, 15) is 14.4 Å². The predicted octanol–water partition coefficient (Wildman–Crippen LogP) is 3.19. The first-order chi connectivity index (χ1) is 13.5. The second kappa shape index (κ2) is 10.3. The molecule has 0 aliphatic carbocycles. The van der Waals surface area contributed by atoms with Crippen LogP contribution in [0.4, 0.5) is 0 Å². The molecule has 6 heteroatoms. The summed E-state index contributed by atoms with van der Waals surface area (Å²) in [6.45, 7) is 5.44. The number of benzene rings is 2. The normalized spacial score (nSPS) is 11.4. The minimum absolute atomic E-state index is 0.288. The molecule has 28 heavy (non-hydrogen) atoms. The summed E-state index contributed by atoms with van der Waals surface area (Å²) in [7, 11) is 0. The van der Waals surface area contributed by atoms with Gasteiger partial charge in [-0.05, 0) is 38.0 Å². The van der Waals surface area contributed by atoms with Gasteiger partial charge < -0.3 is 14.8 Å². The number of para-hydroxylation sites is 1. The lowest BCUT2D eigenvalue weighted by atomic mass is 10.0. The second-order valence-corrected chi connectivity index (χ2v) is 6.16. The number of hydrogen-bond acceptors (Lipinski definition) is 5. The quantitative estimate of drug-likeness (QED) is 0.531. The van der Waals surface area contributed by atoms with E-state index in [4.69, 9.17) is 9.47 Å². The van der Waals surface area contributed by atoms with Gasteiger partial charge in [0, 0.05) is 5.56 Å². The molecule has 0 aromatic heterocycles. The van der Waals surface area contributed by atoms with Crippen LogP contribution < -0.4 is 10.1 Å². The van der Waals surface area contributed by atoms with Gasteiger partial charge in [-0.2, -0.15) is 0 Å². The van der Waals surface area contributed by atoms with E-state index in [1.807, 2.05) is 26.0 Å². The lowest BCUT2D eigenvalue weighted by molar-refractivity contribution is -0.145. The first kappa shape index (κ1) is 21.2. The summed E-state index contributed by atoms with van der Waals surface area (Å²) in [5.41, 5.74) is 1.93. The van der Waals surface area contributed by atoms with Crippen molar-refractivity contribution in [3.05, 3.63) is 65.2 Å². The van der Waals surface area contributed by atoms with E-state index in [1.54, 1.807) is 36.4 Å². The van der Waals surface area contributed by atoms with Crippen molar-refractivity contribution in [1.29, 1.82) is 0 Å². The molecule has 0 saturated heterocycles. The van der Waals surface area contributed by atoms with Gasteiger partial charge in [-0.1, -0.05) is 43.3 Å². The zero-order valence-corrected chi connectivity index (χ0v) is 16.4. The highest BCUT2D eigenvalue weighted by Gasteiger charge is 2.20. The molecule has 0 spiro atoms. The van der Waals surface area contributed by atoms with E-state index >= 15 is 0 Å². The minimum Gasteiger partial charge on any atom is -0.493 e. The maximum Gasteiger partial charge on any atom is 0.326 e. The average Bonchev–Trinajstić information content (AvgIpc) is 2.72. The largest absolute Gasteiger partial charge is 0.493 e. The van der Waals surface area contributed by atoms with Crippen LogP contribution in [0.25, 0.3) is 0 Å². The summed E-state index contributed by atoms with van der Waals surface area (Å²) in [5.74, 6) is -0.984. The number of ketones is 1. The number of carbonyl (C=O) groups excluding carboxylic acids is 3. The molecule has 2 aromatic rings. The van der Waals surface area contributed by atoms with Gasteiger partial charge in [0.25, 0.3) is 5.91 Å². The van der Waals surface area contributed by atoms with Crippen molar-refractivity contribution in [2.75, 3.05) is 13.2 Å². The average molecular weight is 383 g/mol. The number of nitrogens with one attached hydrogen (secondary N) is 1. The van der Waals surface area contributed by atoms with Gasteiger partial charge in [0.1, 0.15) is 12.3 Å². The highest BCUT2D eigenvalue weighted by molar-refractivity contribution is 6.01. The van der Waals surface area contributed by atoms with E-state index < -0.39 is 18.0 Å². The summed E-state index contributed by atoms with van der Waals surface area (Å²) in [6.07, 6.45) is -0.0573. The van der Waals surface area contributed by atoms with E-state index in [0.717, 1.165) is 12.0 Å². The molecule has 0 radical (unpaired) electrons. The Kier molecular flexibility index (Phi) is 7.75. The number of amides is 1. The molecule has 0 aliphatic heterocycles. The number of hydrogen-bond donors (Lipinski definition) is 1. The molecule has 0 heterocycles. The van der Waals surface area contributed by atoms with Gasteiger partial charge in [0.15, 0.2) is 6.10 Å². The maximum absolute atomic E-state index is 12.4. The smallest absolute Gasteiger partial charge is 0.326 e. The third-order valence-corrected chi connectivity index (χ3v) is 4.15. The van der Waals surface area contributed by atoms with Crippen LogP contribution in [0, 0.1) is 0 Å². The molecular weight excluding hydrogens is 358 g/mol. The Morgan fingerprint density at radius 2 is 1.68 bits per heavy atom. The van der Waals surface area contributed by atoms with Gasteiger partial charge >= 0.3 is 5.97 Å². The fourth-order valence-corrected chi connectivity index (χ4v) is 2.62. The molecule has 1 amide bonds. The maximum atomic E-state index is 12.4. The zero-order chi connectivity index (χ0) is 20.5. The highest BCUT2D eigenvalue weighted by atomic mass is 16.5. The van der Waals surface area contributed by atoms with Crippen molar-refractivity contribution in [2.24, 2.45) is 0 Å². The van der Waals surface area contributed by atoms with E-state index in [1.165, 1.54) is 6.92 Å². The fraction of sp³-hybridized carbons (Fsp3) is 0.318.